The molecule has 1 aliphatic heterocycles. The average molecular weight is 570 g/mol. The molecule has 0 bridgehead atoms. The molecule has 0 aliphatic carbocycles. The number of hydrogen-bond acceptors (Lipinski definition) is 6. The molecule has 1 aliphatic rings. The standard InChI is InChI=1S/C23H21BrClFN6.C4H6/c1-14(23(27)18-11-16(25)3-4-19(18)26)20-5-6-21-22(29-20)12-17(13-28-21)31-7-9-32(10-8-31)30-15(2)24;1-3-4-2/h3-6,11-13,27H,1,7-10H2,2H3;1H,4H2,2H3/b27-23?,30-15+;. The summed E-state index contributed by atoms with van der Waals surface area (Å²) in [4.78, 5) is 11.4. The first-order valence-electron chi connectivity index (χ1n) is 11.4. The second-order valence-electron chi connectivity index (χ2n) is 8.00. The number of aromatic nitrogens is 2. The molecular weight excluding hydrogens is 543 g/mol. The fraction of sp³-hybridized carbons (Fsp3) is 0.259. The van der Waals surface area contributed by atoms with Gasteiger partial charge < -0.3 is 4.90 Å². The molecule has 1 aromatic carbocycles. The maximum atomic E-state index is 14.2. The molecular formula is C27H27BrClFN6. The number of terminal acetylenes is 1. The lowest BCUT2D eigenvalue weighted by molar-refractivity contribution is 0.271. The van der Waals surface area contributed by atoms with Crippen LogP contribution in [-0.4, -0.2) is 51.5 Å². The summed E-state index contributed by atoms with van der Waals surface area (Å²) < 4.78 is 15.1. The lowest BCUT2D eigenvalue weighted by atomic mass is 10.00. The zero-order chi connectivity index (χ0) is 26.2. The van der Waals surface area contributed by atoms with Crippen molar-refractivity contribution in [3.8, 4) is 12.3 Å². The Hall–Kier alpha value is -3.28. The highest BCUT2D eigenvalue weighted by molar-refractivity contribution is 9.18. The fourth-order valence-corrected chi connectivity index (χ4v) is 3.96. The zero-order valence-electron chi connectivity index (χ0n) is 20.2. The molecule has 0 spiro atoms. The van der Waals surface area contributed by atoms with Crippen LogP contribution in [0.5, 0.6) is 0 Å². The quantitative estimate of drug-likeness (QED) is 0.286. The predicted molar refractivity (Wildman–Crippen MR) is 152 cm³/mol. The molecule has 2 aromatic heterocycles. The third-order valence-electron chi connectivity index (χ3n) is 5.44. The molecule has 4 rings (SSSR count). The Morgan fingerprint density at radius 3 is 2.56 bits per heavy atom. The van der Waals surface area contributed by atoms with E-state index in [4.69, 9.17) is 23.4 Å². The van der Waals surface area contributed by atoms with Crippen molar-refractivity contribution in [2.24, 2.45) is 5.10 Å². The molecule has 36 heavy (non-hydrogen) atoms. The lowest BCUT2D eigenvalue weighted by Crippen LogP contribution is -2.44. The van der Waals surface area contributed by atoms with Crippen molar-refractivity contribution in [3.63, 3.8) is 0 Å². The van der Waals surface area contributed by atoms with Gasteiger partial charge in [0.1, 0.15) is 5.82 Å². The smallest absolute Gasteiger partial charge is 0.132 e. The Labute approximate surface area is 224 Å². The van der Waals surface area contributed by atoms with Gasteiger partial charge in [-0.25, -0.2) is 9.37 Å². The minimum Gasteiger partial charge on any atom is -0.367 e. The summed E-state index contributed by atoms with van der Waals surface area (Å²) >= 11 is 9.36. The van der Waals surface area contributed by atoms with E-state index in [0.29, 0.717) is 21.8 Å². The number of anilines is 1. The van der Waals surface area contributed by atoms with Crippen LogP contribution in [-0.2, 0) is 0 Å². The summed E-state index contributed by atoms with van der Waals surface area (Å²) in [5.41, 5.74) is 3.25. The van der Waals surface area contributed by atoms with Crippen molar-refractivity contribution in [1.82, 2.24) is 15.0 Å². The molecule has 0 amide bonds. The van der Waals surface area contributed by atoms with Gasteiger partial charge in [-0.3, -0.25) is 15.4 Å². The first-order chi connectivity index (χ1) is 17.2. The van der Waals surface area contributed by atoms with Crippen LogP contribution >= 0.6 is 27.5 Å². The van der Waals surface area contributed by atoms with Gasteiger partial charge in [0.25, 0.3) is 0 Å². The Balaban J connectivity index is 0.000000840. The van der Waals surface area contributed by atoms with Crippen molar-refractivity contribution in [1.29, 1.82) is 5.41 Å². The zero-order valence-corrected chi connectivity index (χ0v) is 22.6. The van der Waals surface area contributed by atoms with Crippen LogP contribution in [0.2, 0.25) is 5.02 Å². The van der Waals surface area contributed by atoms with E-state index in [2.05, 4.69) is 48.4 Å². The fourth-order valence-electron chi connectivity index (χ4n) is 3.57. The van der Waals surface area contributed by atoms with Crippen LogP contribution in [0.4, 0.5) is 10.1 Å². The Bertz CT molecular complexity index is 1340. The molecule has 1 fully saturated rings. The van der Waals surface area contributed by atoms with Gasteiger partial charge in [0, 0.05) is 35.7 Å². The van der Waals surface area contributed by atoms with E-state index in [-0.39, 0.29) is 11.3 Å². The number of rotatable bonds is 5. The van der Waals surface area contributed by atoms with Crippen LogP contribution in [0.15, 0.2) is 54.3 Å². The van der Waals surface area contributed by atoms with E-state index < -0.39 is 5.82 Å². The second-order valence-corrected chi connectivity index (χ2v) is 9.59. The molecule has 6 nitrogen and oxygen atoms in total. The molecule has 1 N–H and O–H groups in total. The number of nitrogens with zero attached hydrogens (tertiary/aromatic N) is 5. The summed E-state index contributed by atoms with van der Waals surface area (Å²) in [5.74, 6) is 1.91. The van der Waals surface area contributed by atoms with Crippen molar-refractivity contribution >= 4 is 60.2 Å². The summed E-state index contributed by atoms with van der Waals surface area (Å²) in [7, 11) is 0. The first kappa shape index (κ1) is 27.3. The second kappa shape index (κ2) is 12.6. The van der Waals surface area contributed by atoms with Gasteiger partial charge in [-0.15, -0.1) is 12.3 Å². The lowest BCUT2D eigenvalue weighted by Gasteiger charge is -2.34. The number of hydrazone groups is 1. The van der Waals surface area contributed by atoms with Gasteiger partial charge in [-0.1, -0.05) is 25.1 Å². The molecule has 9 heteroatoms. The summed E-state index contributed by atoms with van der Waals surface area (Å²) in [6, 6.07) is 9.68. The number of allylic oxidation sites excluding steroid dienone is 1. The monoisotopic (exact) mass is 568 g/mol. The minimum absolute atomic E-state index is 0.0558. The van der Waals surface area contributed by atoms with Gasteiger partial charge in [0.15, 0.2) is 0 Å². The maximum absolute atomic E-state index is 14.2. The van der Waals surface area contributed by atoms with E-state index in [1.54, 1.807) is 6.07 Å². The van der Waals surface area contributed by atoms with Crippen LogP contribution in [0.3, 0.4) is 0 Å². The van der Waals surface area contributed by atoms with E-state index in [1.165, 1.54) is 18.2 Å². The number of halogens is 3. The van der Waals surface area contributed by atoms with Crippen molar-refractivity contribution in [2.45, 2.75) is 20.3 Å². The highest BCUT2D eigenvalue weighted by Crippen LogP contribution is 2.25. The number of piperazine rings is 1. The van der Waals surface area contributed by atoms with Gasteiger partial charge in [0.05, 0.1) is 52.0 Å². The first-order valence-corrected chi connectivity index (χ1v) is 12.5. The van der Waals surface area contributed by atoms with Crippen LogP contribution in [0.25, 0.3) is 16.6 Å². The molecule has 0 atom stereocenters. The third-order valence-corrected chi connectivity index (χ3v) is 5.83. The van der Waals surface area contributed by atoms with Crippen molar-refractivity contribution in [3.05, 3.63) is 71.3 Å². The number of hydrogen-bond donors (Lipinski definition) is 1. The van der Waals surface area contributed by atoms with Crippen LogP contribution in [0.1, 0.15) is 31.5 Å². The number of benzene rings is 1. The van der Waals surface area contributed by atoms with Gasteiger partial charge in [0.2, 0.25) is 0 Å². The average Bonchev–Trinajstić information content (AvgIpc) is 2.88. The van der Waals surface area contributed by atoms with Crippen LogP contribution < -0.4 is 4.90 Å². The maximum Gasteiger partial charge on any atom is 0.132 e. The molecule has 3 aromatic rings. The predicted octanol–water partition coefficient (Wildman–Crippen LogP) is 6.38. The summed E-state index contributed by atoms with van der Waals surface area (Å²) in [5, 5.41) is 15.2. The molecule has 186 valence electrons. The Kier molecular flexibility index (Phi) is 9.57. The SMILES string of the molecule is C#CCC.C=C(C(=N)c1cc(Cl)ccc1F)c1ccc2ncc(N3CCN(/N=C(\C)Br)CC3)cc2n1. The molecule has 0 unspecified atom stereocenters. The van der Waals surface area contributed by atoms with Gasteiger partial charge >= 0.3 is 0 Å². The highest BCUT2D eigenvalue weighted by Gasteiger charge is 2.18. The topological polar surface area (TPSA) is 68.5 Å². The van der Waals surface area contributed by atoms with E-state index in [0.717, 1.165) is 48.4 Å². The summed E-state index contributed by atoms with van der Waals surface area (Å²) in [6.07, 6.45) is 7.47. The van der Waals surface area contributed by atoms with E-state index in [9.17, 15) is 4.39 Å². The molecule has 0 saturated carbocycles. The minimum atomic E-state index is -0.524. The largest absolute Gasteiger partial charge is 0.367 e. The summed E-state index contributed by atoms with van der Waals surface area (Å²) in [6.45, 7) is 11.1. The Morgan fingerprint density at radius 1 is 1.22 bits per heavy atom. The molecule has 3 heterocycles. The number of nitrogens with one attached hydrogen (secondary N) is 1. The molecule has 1 saturated heterocycles. The van der Waals surface area contributed by atoms with Gasteiger partial charge in [-0.05, 0) is 59.3 Å². The molecule has 0 radical (unpaired) electrons. The highest BCUT2D eigenvalue weighted by atomic mass is 79.9. The van der Waals surface area contributed by atoms with Crippen molar-refractivity contribution < 1.29 is 4.39 Å². The number of fused-ring (bicyclic) bond motifs is 1. The normalized spacial score (nSPS) is 13.6. The van der Waals surface area contributed by atoms with Gasteiger partial charge in [-0.2, -0.15) is 5.10 Å². The van der Waals surface area contributed by atoms with E-state index in [1.807, 2.05) is 37.2 Å². The Morgan fingerprint density at radius 2 is 1.92 bits per heavy atom. The third kappa shape index (κ3) is 6.90. The van der Waals surface area contributed by atoms with E-state index >= 15 is 0 Å². The number of pyridine rings is 2. The van der Waals surface area contributed by atoms with Crippen molar-refractivity contribution in [2.75, 3.05) is 31.1 Å². The van der Waals surface area contributed by atoms with Crippen LogP contribution in [0, 0.1) is 23.6 Å².